The molecule has 4 aromatic carbocycles. The van der Waals surface area contributed by atoms with E-state index in [9.17, 15) is 9.59 Å². The van der Waals surface area contributed by atoms with Crippen molar-refractivity contribution in [2.24, 2.45) is 5.73 Å². The van der Waals surface area contributed by atoms with Crippen LogP contribution in [-0.2, 0) is 30.9 Å². The number of rotatable bonds is 14. The highest BCUT2D eigenvalue weighted by Crippen LogP contribution is 2.45. The number of primary amides is 1. The molecule has 0 bridgehead atoms. The number of fused-ring (bicyclic) bond motifs is 1. The molecule has 0 fully saturated rings. The molecule has 0 spiro atoms. The third-order valence-corrected chi connectivity index (χ3v) is 9.28. The lowest BCUT2D eigenvalue weighted by Gasteiger charge is -2.29. The summed E-state index contributed by atoms with van der Waals surface area (Å²) in [5.74, 6) is 1.06. The van der Waals surface area contributed by atoms with Gasteiger partial charge in [0.2, 0.25) is 0 Å². The number of hydrogen-bond acceptors (Lipinski definition) is 8. The van der Waals surface area contributed by atoms with Crippen molar-refractivity contribution in [1.29, 1.82) is 0 Å². The Balaban J connectivity index is 1.29. The summed E-state index contributed by atoms with van der Waals surface area (Å²) >= 11 is 0. The molecule has 54 heavy (non-hydrogen) atoms. The van der Waals surface area contributed by atoms with Gasteiger partial charge in [0.25, 0.3) is 5.91 Å². The van der Waals surface area contributed by atoms with E-state index < -0.39 is 17.6 Å². The summed E-state index contributed by atoms with van der Waals surface area (Å²) < 4.78 is 24.3. The van der Waals surface area contributed by atoms with Crippen molar-refractivity contribution in [2.75, 3.05) is 19.6 Å². The highest BCUT2D eigenvalue weighted by molar-refractivity contribution is 6.02. The molecular weight excluding hydrogens is 681 g/mol. The number of benzene rings is 4. The first kappa shape index (κ1) is 38.1. The van der Waals surface area contributed by atoms with Gasteiger partial charge in [-0.2, -0.15) is 0 Å². The van der Waals surface area contributed by atoms with Crippen molar-refractivity contribution < 1.29 is 28.3 Å². The quantitative estimate of drug-likeness (QED) is 0.109. The van der Waals surface area contributed by atoms with E-state index in [4.69, 9.17) is 24.5 Å². The number of aromatic nitrogens is 1. The first-order valence-corrected chi connectivity index (χ1v) is 18.6. The fourth-order valence-corrected chi connectivity index (χ4v) is 6.60. The molecule has 2 amide bonds. The molecular formula is C44H50N4O6. The zero-order valence-corrected chi connectivity index (χ0v) is 31.8. The summed E-state index contributed by atoms with van der Waals surface area (Å²) in [5.41, 5.74) is 12.8. The van der Waals surface area contributed by atoms with Crippen LogP contribution in [0.2, 0.25) is 0 Å². The van der Waals surface area contributed by atoms with Crippen LogP contribution in [-0.4, -0.2) is 47.3 Å². The third kappa shape index (κ3) is 9.68. The maximum Gasteiger partial charge on any atom is 0.407 e. The Kier molecular flexibility index (Phi) is 12.0. The molecule has 0 atom stereocenters. The van der Waals surface area contributed by atoms with Crippen LogP contribution in [0.4, 0.5) is 4.79 Å². The number of alkyl carbamates (subject to hydrolysis) is 1. The van der Waals surface area contributed by atoms with Gasteiger partial charge in [-0.3, -0.25) is 9.69 Å². The Morgan fingerprint density at radius 1 is 0.889 bits per heavy atom. The SMILES string of the molecule is CC(C)c1cc(-c2onc(C(N)=O)c2-c2ccc3c(c2)CCN(CCCNC(=O)OC(C)(C)C)C3)c(OCc2ccccc2)cc1OCc1ccccc1. The van der Waals surface area contributed by atoms with Gasteiger partial charge in [-0.25, -0.2) is 4.79 Å². The molecule has 10 heteroatoms. The summed E-state index contributed by atoms with van der Waals surface area (Å²) in [7, 11) is 0. The van der Waals surface area contributed by atoms with Gasteiger partial charge in [-0.05, 0) is 79.0 Å². The number of nitrogens with one attached hydrogen (secondary N) is 1. The molecule has 5 aromatic rings. The topological polar surface area (TPSA) is 129 Å². The summed E-state index contributed by atoms with van der Waals surface area (Å²) in [6.07, 6.45) is 1.23. The molecule has 0 saturated carbocycles. The molecule has 1 aromatic heterocycles. The van der Waals surface area contributed by atoms with Crippen LogP contribution >= 0.6 is 0 Å². The van der Waals surface area contributed by atoms with Crippen molar-refractivity contribution in [1.82, 2.24) is 15.4 Å². The van der Waals surface area contributed by atoms with Crippen molar-refractivity contribution in [2.45, 2.75) is 78.7 Å². The van der Waals surface area contributed by atoms with Crippen molar-refractivity contribution >= 4 is 12.0 Å². The second kappa shape index (κ2) is 17.0. The van der Waals surface area contributed by atoms with Gasteiger partial charge in [0.15, 0.2) is 11.5 Å². The molecule has 10 nitrogen and oxygen atoms in total. The fourth-order valence-electron chi connectivity index (χ4n) is 6.60. The van der Waals surface area contributed by atoms with E-state index in [0.717, 1.165) is 54.7 Å². The van der Waals surface area contributed by atoms with Crippen LogP contribution in [0.5, 0.6) is 11.5 Å². The number of carbonyl (C=O) groups is 2. The van der Waals surface area contributed by atoms with Gasteiger partial charge in [0.05, 0.1) is 11.1 Å². The highest BCUT2D eigenvalue weighted by Gasteiger charge is 2.28. The molecule has 2 heterocycles. The number of nitrogens with two attached hydrogens (primary N) is 1. The average molecular weight is 731 g/mol. The van der Waals surface area contributed by atoms with Crippen LogP contribution in [0.3, 0.4) is 0 Å². The van der Waals surface area contributed by atoms with Gasteiger partial charge >= 0.3 is 6.09 Å². The van der Waals surface area contributed by atoms with E-state index in [2.05, 4.69) is 41.4 Å². The Hall–Kier alpha value is -5.61. The molecule has 0 radical (unpaired) electrons. The predicted molar refractivity (Wildman–Crippen MR) is 209 cm³/mol. The summed E-state index contributed by atoms with van der Waals surface area (Å²) in [6.45, 7) is 13.5. The number of amides is 2. The second-order valence-corrected chi connectivity index (χ2v) is 15.0. The summed E-state index contributed by atoms with van der Waals surface area (Å²) in [6, 6.07) is 30.1. The number of carbonyl (C=O) groups excluding carboxylic acids is 2. The fraction of sp³-hybridized carbons (Fsp3) is 0.341. The monoisotopic (exact) mass is 730 g/mol. The summed E-state index contributed by atoms with van der Waals surface area (Å²) in [5, 5.41) is 7.06. The first-order valence-electron chi connectivity index (χ1n) is 18.6. The molecule has 3 N–H and O–H groups in total. The zero-order chi connectivity index (χ0) is 38.2. The van der Waals surface area contributed by atoms with Gasteiger partial charge in [-0.1, -0.05) is 97.9 Å². The lowest BCUT2D eigenvalue weighted by molar-refractivity contribution is 0.0525. The van der Waals surface area contributed by atoms with Gasteiger partial charge in [0, 0.05) is 32.2 Å². The van der Waals surface area contributed by atoms with Crippen LogP contribution < -0.4 is 20.5 Å². The normalized spacial score (nSPS) is 13.0. The van der Waals surface area contributed by atoms with Crippen molar-refractivity contribution in [3.05, 3.63) is 125 Å². The number of ether oxygens (including phenoxy) is 3. The van der Waals surface area contributed by atoms with Crippen LogP contribution in [0.25, 0.3) is 22.5 Å². The third-order valence-electron chi connectivity index (χ3n) is 9.28. The Morgan fingerprint density at radius 2 is 1.56 bits per heavy atom. The van der Waals surface area contributed by atoms with Crippen LogP contribution in [0.1, 0.15) is 85.3 Å². The van der Waals surface area contributed by atoms with E-state index >= 15 is 0 Å². The van der Waals surface area contributed by atoms with E-state index in [1.165, 1.54) is 11.1 Å². The lowest BCUT2D eigenvalue weighted by Crippen LogP contribution is -2.36. The van der Waals surface area contributed by atoms with Crippen molar-refractivity contribution in [3.63, 3.8) is 0 Å². The van der Waals surface area contributed by atoms with E-state index in [1.54, 1.807) is 0 Å². The molecule has 1 aliphatic rings. The van der Waals surface area contributed by atoms with E-state index in [0.29, 0.717) is 48.1 Å². The second-order valence-electron chi connectivity index (χ2n) is 15.0. The molecule has 1 aliphatic heterocycles. The maximum absolute atomic E-state index is 12.9. The van der Waals surface area contributed by atoms with Crippen molar-refractivity contribution in [3.8, 4) is 33.9 Å². The predicted octanol–water partition coefficient (Wildman–Crippen LogP) is 8.66. The Bertz CT molecular complexity index is 2050. The van der Waals surface area contributed by atoms with Gasteiger partial charge in [0.1, 0.15) is 30.3 Å². The van der Waals surface area contributed by atoms with Crippen LogP contribution in [0, 0.1) is 0 Å². The number of hydrogen-bond donors (Lipinski definition) is 2. The minimum Gasteiger partial charge on any atom is -0.488 e. The van der Waals surface area contributed by atoms with E-state index in [1.807, 2.05) is 99.6 Å². The minimum atomic E-state index is -0.678. The smallest absolute Gasteiger partial charge is 0.407 e. The van der Waals surface area contributed by atoms with E-state index in [-0.39, 0.29) is 11.6 Å². The molecule has 6 rings (SSSR count). The number of nitrogens with zero attached hydrogens (tertiary/aromatic N) is 2. The van der Waals surface area contributed by atoms with Crippen LogP contribution in [0.15, 0.2) is 95.5 Å². The molecule has 0 aliphatic carbocycles. The standard InChI is InChI=1S/C44H50N4O6/c1-29(2)35-24-36(38(52-28-31-15-10-7-11-16-31)25-37(35)51-27-30-13-8-6-9-14-30)41-39(40(42(45)49)47-54-41)33-17-18-34-26-48(22-19-32(34)23-33)21-12-20-46-43(50)53-44(3,4)5/h6-11,13-18,23-25,29H,12,19-22,26-28H2,1-5H3,(H2,45,49)(H,46,50). The Morgan fingerprint density at radius 3 is 2.19 bits per heavy atom. The highest BCUT2D eigenvalue weighted by atomic mass is 16.6. The largest absolute Gasteiger partial charge is 0.488 e. The molecule has 0 saturated heterocycles. The van der Waals surface area contributed by atoms with Gasteiger partial charge in [-0.15, -0.1) is 0 Å². The zero-order valence-electron chi connectivity index (χ0n) is 31.8. The first-order chi connectivity index (χ1) is 25.9. The molecule has 0 unspecified atom stereocenters. The maximum atomic E-state index is 12.9. The molecule has 282 valence electrons. The Labute approximate surface area is 317 Å². The average Bonchev–Trinajstić information content (AvgIpc) is 3.60. The van der Waals surface area contributed by atoms with Gasteiger partial charge < -0.3 is 29.8 Å². The lowest BCUT2D eigenvalue weighted by atomic mass is 9.91. The minimum absolute atomic E-state index is 0.0596. The summed E-state index contributed by atoms with van der Waals surface area (Å²) in [4.78, 5) is 27.3.